The predicted octanol–water partition coefficient (Wildman–Crippen LogP) is 1.34. The summed E-state index contributed by atoms with van der Waals surface area (Å²) >= 11 is 2.01. The van der Waals surface area contributed by atoms with E-state index in [-0.39, 0.29) is 0 Å². The van der Waals surface area contributed by atoms with Gasteiger partial charge in [-0.25, -0.2) is 0 Å². The highest BCUT2D eigenvalue weighted by atomic mass is 32.2. The number of amidine groups is 1. The van der Waals surface area contributed by atoms with Crippen LogP contribution in [0, 0.1) is 0 Å². The third-order valence-corrected chi connectivity index (χ3v) is 4.12. The smallest absolute Gasteiger partial charge is 0.140 e. The van der Waals surface area contributed by atoms with Crippen LogP contribution in [0.2, 0.25) is 0 Å². The molecular formula is C10H21N3OS. The van der Waals surface area contributed by atoms with Crippen molar-refractivity contribution in [3.63, 3.8) is 0 Å². The maximum absolute atomic E-state index is 8.58. The summed E-state index contributed by atoms with van der Waals surface area (Å²) in [6.45, 7) is 5.52. The summed E-state index contributed by atoms with van der Waals surface area (Å²) in [5.41, 5.74) is 5.57. The summed E-state index contributed by atoms with van der Waals surface area (Å²) in [4.78, 5) is 2.48. The highest BCUT2D eigenvalue weighted by Crippen LogP contribution is 2.21. The van der Waals surface area contributed by atoms with E-state index in [4.69, 9.17) is 10.9 Å². The second-order valence-electron chi connectivity index (χ2n) is 4.02. The Balaban J connectivity index is 2.55. The fraction of sp³-hybridized carbons (Fsp3) is 0.900. The first-order valence-electron chi connectivity index (χ1n) is 5.49. The number of nitrogens with two attached hydrogens (primary N) is 1. The van der Waals surface area contributed by atoms with Crippen LogP contribution in [-0.4, -0.2) is 46.1 Å². The molecule has 2 atom stereocenters. The molecule has 0 bridgehead atoms. The van der Waals surface area contributed by atoms with E-state index in [2.05, 4.69) is 23.9 Å². The summed E-state index contributed by atoms with van der Waals surface area (Å²) in [6.07, 6.45) is 1.72. The zero-order valence-corrected chi connectivity index (χ0v) is 10.3. The van der Waals surface area contributed by atoms with Crippen molar-refractivity contribution in [3.8, 4) is 0 Å². The number of oxime groups is 1. The molecule has 1 rings (SSSR count). The molecule has 88 valence electrons. The predicted molar refractivity (Wildman–Crippen MR) is 65.6 cm³/mol. The molecule has 1 saturated heterocycles. The molecule has 0 radical (unpaired) electrons. The number of hydrogen-bond donors (Lipinski definition) is 2. The molecule has 0 amide bonds. The maximum atomic E-state index is 8.58. The molecule has 4 nitrogen and oxygen atoms in total. The van der Waals surface area contributed by atoms with Gasteiger partial charge in [0.15, 0.2) is 0 Å². The van der Waals surface area contributed by atoms with Gasteiger partial charge in [0.1, 0.15) is 5.84 Å². The first-order valence-corrected chi connectivity index (χ1v) is 6.64. The molecular weight excluding hydrogens is 210 g/mol. The molecule has 15 heavy (non-hydrogen) atoms. The maximum Gasteiger partial charge on any atom is 0.140 e. The van der Waals surface area contributed by atoms with Crippen LogP contribution >= 0.6 is 11.8 Å². The average Bonchev–Trinajstić information content (AvgIpc) is 2.26. The molecule has 2 unspecified atom stereocenters. The second-order valence-corrected chi connectivity index (χ2v) is 5.17. The largest absolute Gasteiger partial charge is 0.409 e. The molecule has 3 N–H and O–H groups in total. The summed E-state index contributed by atoms with van der Waals surface area (Å²) < 4.78 is 0. The van der Waals surface area contributed by atoms with Crippen molar-refractivity contribution in [1.82, 2.24) is 4.90 Å². The average molecular weight is 231 g/mol. The van der Waals surface area contributed by atoms with E-state index < -0.39 is 0 Å². The highest BCUT2D eigenvalue weighted by molar-refractivity contribution is 7.99. The van der Waals surface area contributed by atoms with E-state index in [1.165, 1.54) is 11.5 Å². The van der Waals surface area contributed by atoms with Gasteiger partial charge in [-0.3, -0.25) is 4.90 Å². The minimum absolute atomic E-state index is 0.340. The molecule has 1 aliphatic heterocycles. The molecule has 0 spiro atoms. The van der Waals surface area contributed by atoms with Crippen molar-refractivity contribution in [2.24, 2.45) is 10.9 Å². The monoisotopic (exact) mass is 231 g/mol. The van der Waals surface area contributed by atoms with Gasteiger partial charge < -0.3 is 10.9 Å². The first-order chi connectivity index (χ1) is 7.19. The minimum Gasteiger partial charge on any atom is -0.409 e. The summed E-state index contributed by atoms with van der Waals surface area (Å²) in [6, 6.07) is 1.01. The summed E-state index contributed by atoms with van der Waals surface area (Å²) in [5.74, 6) is 2.72. The lowest BCUT2D eigenvalue weighted by Gasteiger charge is -2.38. The Labute approximate surface area is 95.9 Å². The van der Waals surface area contributed by atoms with E-state index in [0.717, 1.165) is 13.0 Å². The van der Waals surface area contributed by atoms with Gasteiger partial charge in [-0.2, -0.15) is 11.8 Å². The lowest BCUT2D eigenvalue weighted by Crippen LogP contribution is -2.48. The molecule has 5 heteroatoms. The van der Waals surface area contributed by atoms with Gasteiger partial charge in [0, 0.05) is 36.6 Å². The van der Waals surface area contributed by atoms with Crippen LogP contribution < -0.4 is 5.73 Å². The lowest BCUT2D eigenvalue weighted by molar-refractivity contribution is 0.159. The Hall–Kier alpha value is -0.420. The van der Waals surface area contributed by atoms with Crippen molar-refractivity contribution in [1.29, 1.82) is 0 Å². The molecule has 1 fully saturated rings. The van der Waals surface area contributed by atoms with Crippen LogP contribution in [-0.2, 0) is 0 Å². The Bertz CT molecular complexity index is 223. The van der Waals surface area contributed by atoms with Crippen LogP contribution in [0.3, 0.4) is 0 Å². The topological polar surface area (TPSA) is 61.9 Å². The van der Waals surface area contributed by atoms with Crippen LogP contribution in [0.5, 0.6) is 0 Å². The molecule has 1 aliphatic rings. The second kappa shape index (κ2) is 6.23. The number of rotatable bonds is 4. The van der Waals surface area contributed by atoms with Crippen molar-refractivity contribution in [2.45, 2.75) is 38.8 Å². The molecule has 0 aromatic heterocycles. The van der Waals surface area contributed by atoms with E-state index >= 15 is 0 Å². The molecule has 0 aromatic carbocycles. The Morgan fingerprint density at radius 3 is 3.00 bits per heavy atom. The molecule has 0 saturated carbocycles. The number of nitrogens with zero attached hydrogens (tertiary/aromatic N) is 2. The Morgan fingerprint density at radius 1 is 1.73 bits per heavy atom. The summed E-state index contributed by atoms with van der Waals surface area (Å²) in [7, 11) is 0. The van der Waals surface area contributed by atoms with Gasteiger partial charge in [-0.05, 0) is 13.3 Å². The fourth-order valence-corrected chi connectivity index (χ4v) is 3.10. The zero-order valence-electron chi connectivity index (χ0n) is 9.52. The SMILES string of the molecule is CCC(CC(N)=NO)N1CCSCC1C. The van der Waals surface area contributed by atoms with E-state index in [1.54, 1.807) is 0 Å². The van der Waals surface area contributed by atoms with E-state index in [9.17, 15) is 0 Å². The molecule has 1 heterocycles. The van der Waals surface area contributed by atoms with Crippen molar-refractivity contribution in [3.05, 3.63) is 0 Å². The Kier molecular flexibility index (Phi) is 5.25. The third kappa shape index (κ3) is 3.57. The first kappa shape index (κ1) is 12.6. The van der Waals surface area contributed by atoms with Gasteiger partial charge in [0.2, 0.25) is 0 Å². The van der Waals surface area contributed by atoms with Gasteiger partial charge in [-0.15, -0.1) is 0 Å². The van der Waals surface area contributed by atoms with E-state index in [0.29, 0.717) is 24.3 Å². The van der Waals surface area contributed by atoms with Crippen LogP contribution in [0.15, 0.2) is 5.16 Å². The Morgan fingerprint density at radius 2 is 2.47 bits per heavy atom. The van der Waals surface area contributed by atoms with E-state index in [1.807, 2.05) is 11.8 Å². The van der Waals surface area contributed by atoms with Crippen molar-refractivity contribution < 1.29 is 5.21 Å². The summed E-state index contributed by atoms with van der Waals surface area (Å²) in [5, 5.41) is 11.6. The van der Waals surface area contributed by atoms with Gasteiger partial charge in [-0.1, -0.05) is 12.1 Å². The zero-order chi connectivity index (χ0) is 11.3. The lowest BCUT2D eigenvalue weighted by atomic mass is 10.1. The fourth-order valence-electron chi connectivity index (χ4n) is 2.06. The normalized spacial score (nSPS) is 26.5. The number of hydrogen-bond acceptors (Lipinski definition) is 4. The molecule has 0 aliphatic carbocycles. The standard InChI is InChI=1S/C10H21N3OS/c1-3-9(6-10(11)12-14)13-4-5-15-7-8(13)2/h8-9,14H,3-7H2,1-2H3,(H2,11,12). The van der Waals surface area contributed by atoms with Crippen molar-refractivity contribution >= 4 is 17.6 Å². The van der Waals surface area contributed by atoms with Crippen LogP contribution in [0.25, 0.3) is 0 Å². The van der Waals surface area contributed by atoms with Crippen molar-refractivity contribution in [2.75, 3.05) is 18.1 Å². The third-order valence-electron chi connectivity index (χ3n) is 2.93. The van der Waals surface area contributed by atoms with Gasteiger partial charge >= 0.3 is 0 Å². The van der Waals surface area contributed by atoms with Gasteiger partial charge in [0.25, 0.3) is 0 Å². The highest BCUT2D eigenvalue weighted by Gasteiger charge is 2.25. The minimum atomic E-state index is 0.340. The van der Waals surface area contributed by atoms with Crippen LogP contribution in [0.4, 0.5) is 0 Å². The molecule has 0 aromatic rings. The van der Waals surface area contributed by atoms with Gasteiger partial charge in [0.05, 0.1) is 0 Å². The number of thioether (sulfide) groups is 1. The quantitative estimate of drug-likeness (QED) is 0.332. The van der Waals surface area contributed by atoms with Crippen LogP contribution in [0.1, 0.15) is 26.7 Å².